The van der Waals surface area contributed by atoms with Crippen LogP contribution in [0.1, 0.15) is 18.5 Å². The molecule has 0 aromatic heterocycles. The molecule has 17 heavy (non-hydrogen) atoms. The Kier molecular flexibility index (Phi) is 5.33. The molecular formula is C12H14ClN3S. The number of rotatable bonds is 2. The molecule has 1 aromatic rings. The van der Waals surface area contributed by atoms with Crippen LogP contribution in [0.5, 0.6) is 0 Å². The van der Waals surface area contributed by atoms with Gasteiger partial charge in [0.25, 0.3) is 0 Å². The van der Waals surface area contributed by atoms with Gasteiger partial charge in [-0.1, -0.05) is 35.5 Å². The van der Waals surface area contributed by atoms with Crippen molar-refractivity contribution in [1.29, 1.82) is 5.26 Å². The van der Waals surface area contributed by atoms with Crippen LogP contribution < -0.4 is 0 Å². The van der Waals surface area contributed by atoms with Crippen LogP contribution in [0.4, 0.5) is 0 Å². The topological polar surface area (TPSA) is 39.4 Å². The van der Waals surface area contributed by atoms with Gasteiger partial charge in [0.15, 0.2) is 5.17 Å². The molecule has 0 aliphatic rings. The number of nitriles is 1. The van der Waals surface area contributed by atoms with Crippen LogP contribution in [0.25, 0.3) is 0 Å². The first kappa shape index (κ1) is 13.9. The van der Waals surface area contributed by atoms with E-state index < -0.39 is 0 Å². The van der Waals surface area contributed by atoms with E-state index in [1.165, 1.54) is 11.8 Å². The lowest BCUT2D eigenvalue weighted by Gasteiger charge is -2.26. The molecule has 0 N–H and O–H groups in total. The third-order valence-electron chi connectivity index (χ3n) is 2.56. The molecule has 0 aliphatic heterocycles. The summed E-state index contributed by atoms with van der Waals surface area (Å²) >= 11 is 7.31. The summed E-state index contributed by atoms with van der Waals surface area (Å²) in [6.45, 7) is 2.06. The van der Waals surface area contributed by atoms with Crippen LogP contribution in [-0.4, -0.2) is 23.4 Å². The highest BCUT2D eigenvalue weighted by Crippen LogP contribution is 2.23. The Bertz CT molecular complexity index is 436. The van der Waals surface area contributed by atoms with Gasteiger partial charge in [0, 0.05) is 12.1 Å². The molecule has 0 spiro atoms. The highest BCUT2D eigenvalue weighted by Gasteiger charge is 2.15. The van der Waals surface area contributed by atoms with Gasteiger partial charge in [0.05, 0.1) is 6.04 Å². The quantitative estimate of drug-likeness (QED) is 0.467. The fraction of sp³-hybridized carbons (Fsp3) is 0.333. The molecule has 90 valence electrons. The fourth-order valence-electron chi connectivity index (χ4n) is 1.44. The van der Waals surface area contributed by atoms with Crippen molar-refractivity contribution in [1.82, 2.24) is 4.90 Å². The van der Waals surface area contributed by atoms with E-state index in [9.17, 15) is 0 Å². The minimum absolute atomic E-state index is 0.145. The summed E-state index contributed by atoms with van der Waals surface area (Å²) in [6.07, 6.45) is 3.72. The van der Waals surface area contributed by atoms with Gasteiger partial charge in [-0.25, -0.2) is 0 Å². The van der Waals surface area contributed by atoms with Gasteiger partial charge < -0.3 is 4.90 Å². The number of nitrogens with zero attached hydrogens (tertiary/aromatic N) is 3. The van der Waals surface area contributed by atoms with E-state index in [4.69, 9.17) is 16.9 Å². The molecule has 1 unspecified atom stereocenters. The van der Waals surface area contributed by atoms with E-state index in [0.29, 0.717) is 5.17 Å². The van der Waals surface area contributed by atoms with Gasteiger partial charge in [-0.3, -0.25) is 0 Å². The highest BCUT2D eigenvalue weighted by atomic mass is 35.5. The maximum atomic E-state index is 8.61. The molecule has 0 radical (unpaired) electrons. The standard InChI is InChI=1S/C12H14ClN3S/c1-9(10-4-6-11(13)7-5-10)16(2)12(17-3)15-8-14/h4-7,9H,1-3H3. The van der Waals surface area contributed by atoms with Crippen LogP contribution >= 0.6 is 23.4 Å². The summed E-state index contributed by atoms with van der Waals surface area (Å²) < 4.78 is 0. The van der Waals surface area contributed by atoms with Crippen molar-refractivity contribution in [3.8, 4) is 6.19 Å². The van der Waals surface area contributed by atoms with Crippen molar-refractivity contribution in [3.05, 3.63) is 34.9 Å². The lowest BCUT2D eigenvalue weighted by Crippen LogP contribution is -2.27. The maximum absolute atomic E-state index is 8.61. The first-order valence-corrected chi connectivity index (χ1v) is 6.69. The molecule has 0 saturated carbocycles. The second kappa shape index (κ2) is 6.53. The molecule has 0 amide bonds. The second-order valence-electron chi connectivity index (χ2n) is 3.54. The number of amidine groups is 1. The Morgan fingerprint density at radius 2 is 2.06 bits per heavy atom. The molecule has 0 saturated heterocycles. The van der Waals surface area contributed by atoms with Crippen molar-refractivity contribution in [2.24, 2.45) is 4.99 Å². The van der Waals surface area contributed by atoms with Crippen LogP contribution in [0.2, 0.25) is 5.02 Å². The molecule has 0 bridgehead atoms. The number of halogens is 1. The molecule has 0 aliphatic carbocycles. The minimum atomic E-state index is 0.145. The van der Waals surface area contributed by atoms with E-state index in [-0.39, 0.29) is 6.04 Å². The maximum Gasteiger partial charge on any atom is 0.208 e. The second-order valence-corrected chi connectivity index (χ2v) is 4.75. The van der Waals surface area contributed by atoms with Gasteiger partial charge in [-0.05, 0) is 30.9 Å². The Morgan fingerprint density at radius 3 is 2.53 bits per heavy atom. The van der Waals surface area contributed by atoms with Crippen molar-refractivity contribution < 1.29 is 0 Å². The first-order valence-electron chi connectivity index (χ1n) is 5.09. The van der Waals surface area contributed by atoms with Crippen LogP contribution in [0, 0.1) is 11.5 Å². The third-order valence-corrected chi connectivity index (χ3v) is 3.56. The lowest BCUT2D eigenvalue weighted by atomic mass is 10.1. The van der Waals surface area contributed by atoms with E-state index in [1.807, 2.05) is 48.7 Å². The average Bonchev–Trinajstić information content (AvgIpc) is 2.35. The van der Waals surface area contributed by atoms with E-state index in [2.05, 4.69) is 11.9 Å². The Hall–Kier alpha value is -1.18. The zero-order valence-corrected chi connectivity index (χ0v) is 11.6. The van der Waals surface area contributed by atoms with Crippen molar-refractivity contribution in [2.75, 3.05) is 13.3 Å². The van der Waals surface area contributed by atoms with E-state index in [1.54, 1.807) is 0 Å². The predicted octanol–water partition coefficient (Wildman–Crippen LogP) is 3.53. The number of benzene rings is 1. The van der Waals surface area contributed by atoms with Crippen molar-refractivity contribution >= 4 is 28.5 Å². The lowest BCUT2D eigenvalue weighted by molar-refractivity contribution is 0.410. The van der Waals surface area contributed by atoms with E-state index in [0.717, 1.165) is 10.6 Å². The first-order chi connectivity index (χ1) is 8.10. The molecule has 1 atom stereocenters. The molecule has 1 rings (SSSR count). The summed E-state index contributed by atoms with van der Waals surface area (Å²) in [7, 11) is 1.92. The summed E-state index contributed by atoms with van der Waals surface area (Å²) in [6, 6.07) is 7.83. The molecular weight excluding hydrogens is 254 g/mol. The summed E-state index contributed by atoms with van der Waals surface area (Å²) in [5, 5.41) is 10.0. The molecule has 5 heteroatoms. The summed E-state index contributed by atoms with van der Waals surface area (Å²) in [4.78, 5) is 5.76. The molecule has 0 fully saturated rings. The van der Waals surface area contributed by atoms with Gasteiger partial charge >= 0.3 is 0 Å². The van der Waals surface area contributed by atoms with Gasteiger partial charge in [0.1, 0.15) is 0 Å². The van der Waals surface area contributed by atoms with E-state index >= 15 is 0 Å². The smallest absolute Gasteiger partial charge is 0.208 e. The Balaban J connectivity index is 2.89. The average molecular weight is 268 g/mol. The zero-order chi connectivity index (χ0) is 12.8. The monoisotopic (exact) mass is 267 g/mol. The highest BCUT2D eigenvalue weighted by molar-refractivity contribution is 8.13. The van der Waals surface area contributed by atoms with Crippen LogP contribution in [0.15, 0.2) is 29.3 Å². The summed E-state index contributed by atoms with van der Waals surface area (Å²) in [5.41, 5.74) is 1.14. The summed E-state index contributed by atoms with van der Waals surface area (Å²) in [5.74, 6) is 0. The van der Waals surface area contributed by atoms with Gasteiger partial charge in [-0.2, -0.15) is 5.26 Å². The number of hydrogen-bond acceptors (Lipinski definition) is 3. The Morgan fingerprint density at radius 1 is 1.47 bits per heavy atom. The van der Waals surface area contributed by atoms with Crippen LogP contribution in [-0.2, 0) is 0 Å². The normalized spacial score (nSPS) is 13.0. The molecule has 3 nitrogen and oxygen atoms in total. The molecule has 1 aromatic carbocycles. The number of aliphatic imine (C=N–C) groups is 1. The SMILES string of the molecule is CSC(=NC#N)N(C)C(C)c1ccc(Cl)cc1. The van der Waals surface area contributed by atoms with Crippen molar-refractivity contribution in [2.45, 2.75) is 13.0 Å². The van der Waals surface area contributed by atoms with Crippen LogP contribution in [0.3, 0.4) is 0 Å². The minimum Gasteiger partial charge on any atom is -0.347 e. The third kappa shape index (κ3) is 3.65. The van der Waals surface area contributed by atoms with Gasteiger partial charge in [0.2, 0.25) is 6.19 Å². The number of thioether (sulfide) groups is 1. The van der Waals surface area contributed by atoms with Crippen molar-refractivity contribution in [3.63, 3.8) is 0 Å². The Labute approximate surface area is 111 Å². The predicted molar refractivity (Wildman–Crippen MR) is 74.2 cm³/mol. The fourth-order valence-corrected chi connectivity index (χ4v) is 2.15. The number of hydrogen-bond donors (Lipinski definition) is 0. The molecule has 0 heterocycles. The largest absolute Gasteiger partial charge is 0.347 e. The zero-order valence-electron chi connectivity index (χ0n) is 10.0. The van der Waals surface area contributed by atoms with Gasteiger partial charge in [-0.15, -0.1) is 4.99 Å².